The lowest BCUT2D eigenvalue weighted by Crippen LogP contribution is -2.48. The predicted octanol–water partition coefficient (Wildman–Crippen LogP) is 0.776. The van der Waals surface area contributed by atoms with Gasteiger partial charge in [-0.1, -0.05) is 0 Å². The number of benzene rings is 1. The number of esters is 1. The molecule has 1 aromatic carbocycles. The van der Waals surface area contributed by atoms with Gasteiger partial charge in [0.25, 0.3) is 5.91 Å². The van der Waals surface area contributed by atoms with Gasteiger partial charge in [0.05, 0.1) is 24.2 Å². The van der Waals surface area contributed by atoms with E-state index in [1.165, 1.54) is 42.6 Å². The van der Waals surface area contributed by atoms with E-state index >= 15 is 0 Å². The van der Waals surface area contributed by atoms with Gasteiger partial charge in [-0.3, -0.25) is 4.79 Å². The van der Waals surface area contributed by atoms with Gasteiger partial charge in [-0.15, -0.1) is 0 Å². The third kappa shape index (κ3) is 4.60. The van der Waals surface area contributed by atoms with Crippen LogP contribution in [0.3, 0.4) is 0 Å². The maximum Gasteiger partial charge on any atom is 0.328 e. The van der Waals surface area contributed by atoms with E-state index in [2.05, 4.69) is 10.1 Å². The third-order valence-corrected chi connectivity index (χ3v) is 5.89. The molecule has 3 atom stereocenters. The van der Waals surface area contributed by atoms with Crippen molar-refractivity contribution in [2.75, 3.05) is 20.2 Å². The topological polar surface area (TPSA) is 102 Å². The van der Waals surface area contributed by atoms with E-state index in [1.807, 2.05) is 13.8 Å². The van der Waals surface area contributed by atoms with Crippen molar-refractivity contribution in [3.8, 4) is 0 Å². The van der Waals surface area contributed by atoms with E-state index in [4.69, 9.17) is 4.74 Å². The van der Waals surface area contributed by atoms with Gasteiger partial charge >= 0.3 is 5.97 Å². The van der Waals surface area contributed by atoms with E-state index in [0.29, 0.717) is 0 Å². The lowest BCUT2D eigenvalue weighted by Gasteiger charge is -2.34. The van der Waals surface area contributed by atoms with Crippen LogP contribution in [0.15, 0.2) is 29.2 Å². The summed E-state index contributed by atoms with van der Waals surface area (Å²) in [6, 6.07) is 4.81. The van der Waals surface area contributed by atoms with Crippen molar-refractivity contribution in [3.05, 3.63) is 29.8 Å². The molecule has 1 heterocycles. The van der Waals surface area contributed by atoms with Crippen molar-refractivity contribution < 1.29 is 27.5 Å². The number of methoxy groups -OCH3 is 1. The highest BCUT2D eigenvalue weighted by atomic mass is 32.2. The first-order valence-electron chi connectivity index (χ1n) is 8.29. The molecule has 1 amide bonds. The molecular weight excluding hydrogens is 360 g/mol. The zero-order chi connectivity index (χ0) is 19.5. The molecule has 1 fully saturated rings. The molecule has 0 aromatic heterocycles. The van der Waals surface area contributed by atoms with Gasteiger partial charge in [0.1, 0.15) is 6.04 Å². The molecule has 0 spiro atoms. The van der Waals surface area contributed by atoms with Crippen LogP contribution in [-0.4, -0.2) is 63.0 Å². The second-order valence-corrected chi connectivity index (χ2v) is 8.26. The summed E-state index contributed by atoms with van der Waals surface area (Å²) in [5.41, 5.74) is 0.253. The summed E-state index contributed by atoms with van der Waals surface area (Å²) in [5, 5.41) is 2.49. The van der Waals surface area contributed by atoms with Crippen LogP contribution in [0.25, 0.3) is 0 Å². The molecule has 1 saturated heterocycles. The number of sulfonamides is 1. The molecule has 0 unspecified atom stereocenters. The number of hydrogen-bond donors (Lipinski definition) is 1. The lowest BCUT2D eigenvalue weighted by molar-refractivity contribution is -0.142. The summed E-state index contributed by atoms with van der Waals surface area (Å²) in [6.45, 7) is 5.72. The van der Waals surface area contributed by atoms with Crippen LogP contribution in [-0.2, 0) is 24.3 Å². The molecule has 9 heteroatoms. The van der Waals surface area contributed by atoms with E-state index in [-0.39, 0.29) is 35.8 Å². The fourth-order valence-corrected chi connectivity index (χ4v) is 4.36. The number of nitrogens with zero attached hydrogens (tertiary/aromatic N) is 1. The Bertz CT molecular complexity index is 752. The Morgan fingerprint density at radius 3 is 2.23 bits per heavy atom. The van der Waals surface area contributed by atoms with Crippen molar-refractivity contribution in [3.63, 3.8) is 0 Å². The largest absolute Gasteiger partial charge is 0.467 e. The Morgan fingerprint density at radius 2 is 1.73 bits per heavy atom. The summed E-state index contributed by atoms with van der Waals surface area (Å²) in [7, 11) is -2.43. The van der Waals surface area contributed by atoms with Crippen LogP contribution in [0.5, 0.6) is 0 Å². The fraction of sp³-hybridized carbons (Fsp3) is 0.529. The quantitative estimate of drug-likeness (QED) is 0.753. The highest BCUT2D eigenvalue weighted by Crippen LogP contribution is 2.21. The van der Waals surface area contributed by atoms with Crippen LogP contribution >= 0.6 is 0 Å². The molecule has 0 saturated carbocycles. The summed E-state index contributed by atoms with van der Waals surface area (Å²) < 4.78 is 37.1. The highest BCUT2D eigenvalue weighted by Gasteiger charge is 2.32. The number of nitrogens with one attached hydrogen (secondary N) is 1. The number of amides is 1. The molecule has 144 valence electrons. The molecule has 1 aliphatic heterocycles. The van der Waals surface area contributed by atoms with Crippen molar-refractivity contribution >= 4 is 21.9 Å². The zero-order valence-electron chi connectivity index (χ0n) is 15.3. The van der Waals surface area contributed by atoms with Gasteiger partial charge in [0.2, 0.25) is 10.0 Å². The van der Waals surface area contributed by atoms with Crippen LogP contribution in [0.4, 0.5) is 0 Å². The number of hydrogen-bond acceptors (Lipinski definition) is 6. The Balaban J connectivity index is 2.13. The monoisotopic (exact) mass is 384 g/mol. The minimum absolute atomic E-state index is 0.108. The lowest BCUT2D eigenvalue weighted by atomic mass is 10.2. The first-order valence-corrected chi connectivity index (χ1v) is 9.73. The number of rotatable bonds is 5. The molecule has 2 rings (SSSR count). The Kier molecular flexibility index (Phi) is 6.38. The van der Waals surface area contributed by atoms with E-state index in [0.717, 1.165) is 0 Å². The van der Waals surface area contributed by atoms with E-state index < -0.39 is 27.9 Å². The number of carbonyl (C=O) groups is 2. The van der Waals surface area contributed by atoms with Crippen molar-refractivity contribution in [2.45, 2.75) is 43.9 Å². The van der Waals surface area contributed by atoms with Gasteiger partial charge < -0.3 is 14.8 Å². The van der Waals surface area contributed by atoms with Crippen LogP contribution in [0, 0.1) is 0 Å². The van der Waals surface area contributed by atoms with Crippen LogP contribution < -0.4 is 5.32 Å². The average molecular weight is 384 g/mol. The average Bonchev–Trinajstić information content (AvgIpc) is 2.60. The summed E-state index contributed by atoms with van der Waals surface area (Å²) >= 11 is 0. The molecule has 0 radical (unpaired) electrons. The third-order valence-electron chi connectivity index (χ3n) is 4.04. The van der Waals surface area contributed by atoms with Crippen molar-refractivity contribution in [1.82, 2.24) is 9.62 Å². The molecule has 8 nitrogen and oxygen atoms in total. The highest BCUT2D eigenvalue weighted by molar-refractivity contribution is 7.89. The minimum Gasteiger partial charge on any atom is -0.467 e. The minimum atomic E-state index is -3.66. The molecule has 1 aromatic rings. The number of ether oxygens (including phenoxy) is 2. The van der Waals surface area contributed by atoms with Gasteiger partial charge in [-0.25, -0.2) is 13.2 Å². The molecular formula is C17H24N2O6S. The first kappa shape index (κ1) is 20.3. The number of morpholine rings is 1. The maximum atomic E-state index is 12.8. The van der Waals surface area contributed by atoms with Crippen LogP contribution in [0.1, 0.15) is 31.1 Å². The Morgan fingerprint density at radius 1 is 1.19 bits per heavy atom. The molecule has 26 heavy (non-hydrogen) atoms. The van der Waals surface area contributed by atoms with E-state index in [1.54, 1.807) is 0 Å². The summed E-state index contributed by atoms with van der Waals surface area (Å²) in [5.74, 6) is -1.05. The zero-order valence-corrected chi connectivity index (χ0v) is 16.1. The van der Waals surface area contributed by atoms with Crippen LogP contribution in [0.2, 0.25) is 0 Å². The van der Waals surface area contributed by atoms with Gasteiger partial charge in [-0.2, -0.15) is 4.31 Å². The molecule has 0 aliphatic carbocycles. The standard InChI is InChI=1S/C17H24N2O6S/c1-11-9-19(10-12(2)25-11)26(22,23)15-7-5-14(6-8-15)16(20)18-13(3)17(21)24-4/h5-8,11-13H,9-10H2,1-4H3,(H,18,20)/t11-,12-,13-/m0/s1. The maximum absolute atomic E-state index is 12.8. The van der Waals surface area contributed by atoms with Gasteiger partial charge in [-0.05, 0) is 45.0 Å². The molecule has 1 aliphatic rings. The number of carbonyl (C=O) groups excluding carboxylic acids is 2. The second-order valence-electron chi connectivity index (χ2n) is 6.32. The van der Waals surface area contributed by atoms with Crippen molar-refractivity contribution in [1.29, 1.82) is 0 Å². The Hall–Kier alpha value is -1.97. The van der Waals surface area contributed by atoms with Crippen molar-refractivity contribution in [2.24, 2.45) is 0 Å². The summed E-state index contributed by atoms with van der Waals surface area (Å²) in [6.07, 6.45) is -0.364. The first-order chi connectivity index (χ1) is 12.1. The smallest absolute Gasteiger partial charge is 0.328 e. The predicted molar refractivity (Wildman–Crippen MR) is 94.2 cm³/mol. The van der Waals surface area contributed by atoms with Gasteiger partial charge in [0.15, 0.2) is 0 Å². The molecule has 0 bridgehead atoms. The fourth-order valence-electron chi connectivity index (χ4n) is 2.77. The Labute approximate surface area is 153 Å². The second kappa shape index (κ2) is 8.15. The molecule has 1 N–H and O–H groups in total. The summed E-state index contributed by atoms with van der Waals surface area (Å²) in [4.78, 5) is 23.6. The SMILES string of the molecule is COC(=O)[C@H](C)NC(=O)c1ccc(S(=O)(=O)N2C[C@H](C)O[C@@H](C)C2)cc1. The normalized spacial score (nSPS) is 22.5. The van der Waals surface area contributed by atoms with Gasteiger partial charge in [0, 0.05) is 18.7 Å². The van der Waals surface area contributed by atoms with E-state index in [9.17, 15) is 18.0 Å².